The van der Waals surface area contributed by atoms with Gasteiger partial charge in [-0.2, -0.15) is 0 Å². The van der Waals surface area contributed by atoms with Crippen LogP contribution in [0.5, 0.6) is 0 Å². The molecule has 4 rings (SSSR count). The molecular weight excluding hydrogens is 402 g/mol. The number of halogens is 1. The van der Waals surface area contributed by atoms with Crippen molar-refractivity contribution in [2.45, 2.75) is 13.1 Å². The van der Waals surface area contributed by atoms with Gasteiger partial charge in [0.2, 0.25) is 5.43 Å². The first kappa shape index (κ1) is 20.0. The highest BCUT2D eigenvalue weighted by atomic mass is 35.5. The predicted octanol–water partition coefficient (Wildman–Crippen LogP) is 3.43. The zero-order chi connectivity index (χ0) is 21.1. The Balaban J connectivity index is 1.59. The van der Waals surface area contributed by atoms with Crippen LogP contribution in [0.25, 0.3) is 10.9 Å². The number of benzene rings is 2. The lowest BCUT2D eigenvalue weighted by atomic mass is 10.1. The largest absolute Gasteiger partial charge is 0.498 e. The molecule has 7 heteroatoms. The fourth-order valence-corrected chi connectivity index (χ4v) is 3.61. The molecule has 0 aliphatic carbocycles. The highest BCUT2D eigenvalue weighted by molar-refractivity contribution is 6.30. The molecule has 0 fully saturated rings. The van der Waals surface area contributed by atoms with E-state index in [2.05, 4.69) is 10.2 Å². The van der Waals surface area contributed by atoms with Crippen molar-refractivity contribution in [2.24, 2.45) is 7.05 Å². The molecule has 2 heterocycles. The summed E-state index contributed by atoms with van der Waals surface area (Å²) in [6, 6.07) is 13.0. The van der Waals surface area contributed by atoms with E-state index in [1.54, 1.807) is 24.6 Å². The molecule has 0 radical (unpaired) electrons. The Bertz CT molecular complexity index is 1170. The average Bonchev–Trinajstić information content (AvgIpc) is 2.76. The van der Waals surface area contributed by atoms with Crippen LogP contribution in [0.3, 0.4) is 0 Å². The summed E-state index contributed by atoms with van der Waals surface area (Å²) in [5.74, 6) is -0.394. The number of hydrogen-bond donors (Lipinski definition) is 1. The van der Waals surface area contributed by atoms with E-state index in [4.69, 9.17) is 16.3 Å². The fourth-order valence-electron chi connectivity index (χ4n) is 3.49. The molecule has 154 valence electrons. The van der Waals surface area contributed by atoms with Gasteiger partial charge in [-0.1, -0.05) is 29.8 Å². The van der Waals surface area contributed by atoms with Crippen molar-refractivity contribution < 1.29 is 9.53 Å². The van der Waals surface area contributed by atoms with Gasteiger partial charge in [-0.25, -0.2) is 0 Å². The Labute approximate surface area is 179 Å². The Morgan fingerprint density at radius 3 is 2.67 bits per heavy atom. The third-order valence-electron chi connectivity index (χ3n) is 5.11. The van der Waals surface area contributed by atoms with Crippen molar-refractivity contribution in [3.05, 3.63) is 93.1 Å². The van der Waals surface area contributed by atoms with Gasteiger partial charge in [0, 0.05) is 42.9 Å². The molecule has 1 aliphatic heterocycles. The van der Waals surface area contributed by atoms with E-state index in [-0.39, 0.29) is 11.0 Å². The first-order valence-corrected chi connectivity index (χ1v) is 10.1. The molecule has 1 amide bonds. The van der Waals surface area contributed by atoms with E-state index in [9.17, 15) is 9.59 Å². The molecule has 6 nitrogen and oxygen atoms in total. The van der Waals surface area contributed by atoms with Crippen LogP contribution in [-0.2, 0) is 24.9 Å². The third-order valence-corrected chi connectivity index (χ3v) is 5.37. The lowest BCUT2D eigenvalue weighted by molar-refractivity contribution is 0.0949. The fraction of sp³-hybridized carbons (Fsp3) is 0.217. The second kappa shape index (κ2) is 8.63. The number of pyridine rings is 1. The minimum absolute atomic E-state index is 0.127. The molecule has 1 aromatic heterocycles. The van der Waals surface area contributed by atoms with Gasteiger partial charge in [-0.3, -0.25) is 9.59 Å². The first-order chi connectivity index (χ1) is 14.5. The predicted molar refractivity (Wildman–Crippen MR) is 117 cm³/mol. The summed E-state index contributed by atoms with van der Waals surface area (Å²) in [5, 5.41) is 3.99. The molecule has 30 heavy (non-hydrogen) atoms. The van der Waals surface area contributed by atoms with E-state index in [1.807, 2.05) is 48.1 Å². The highest BCUT2D eigenvalue weighted by Crippen LogP contribution is 2.16. The number of amides is 1. The summed E-state index contributed by atoms with van der Waals surface area (Å²) >= 11 is 5.89. The maximum atomic E-state index is 13.1. The Morgan fingerprint density at radius 1 is 1.17 bits per heavy atom. The number of carbonyl (C=O) groups excluding carboxylic acids is 1. The van der Waals surface area contributed by atoms with Gasteiger partial charge in [0.25, 0.3) is 5.91 Å². The first-order valence-electron chi connectivity index (χ1n) is 9.68. The molecule has 1 aliphatic rings. The molecule has 0 spiro atoms. The number of carbonyl (C=O) groups is 1. The standard InChI is InChI=1S/C23H22ClN3O3/c1-26-15-20(23(29)25-13-16-2-5-18(24)6-3-16)22(28)19-12-17(4-7-21(19)26)14-27-8-10-30-11-9-27/h2-8,10,12,15H,9,11,13-14H2,1H3,(H,25,29). The van der Waals surface area contributed by atoms with Crippen LogP contribution in [0.1, 0.15) is 21.5 Å². The van der Waals surface area contributed by atoms with Gasteiger partial charge in [-0.05, 0) is 35.4 Å². The molecule has 0 saturated heterocycles. The molecule has 1 N–H and O–H groups in total. The third kappa shape index (κ3) is 4.33. The second-order valence-corrected chi connectivity index (χ2v) is 7.71. The van der Waals surface area contributed by atoms with Gasteiger partial charge < -0.3 is 19.5 Å². The van der Waals surface area contributed by atoms with Crippen molar-refractivity contribution in [1.29, 1.82) is 0 Å². The highest BCUT2D eigenvalue weighted by Gasteiger charge is 2.15. The number of ether oxygens (including phenoxy) is 1. The minimum Gasteiger partial charge on any atom is -0.498 e. The Kier molecular flexibility index (Phi) is 5.77. The molecule has 2 aromatic carbocycles. The number of nitrogens with zero attached hydrogens (tertiary/aromatic N) is 2. The van der Waals surface area contributed by atoms with E-state index in [0.717, 1.165) is 23.2 Å². The van der Waals surface area contributed by atoms with Crippen LogP contribution < -0.4 is 10.7 Å². The van der Waals surface area contributed by atoms with E-state index < -0.39 is 5.91 Å². The maximum absolute atomic E-state index is 13.1. The summed E-state index contributed by atoms with van der Waals surface area (Å²) in [7, 11) is 1.84. The summed E-state index contributed by atoms with van der Waals surface area (Å²) < 4.78 is 7.03. The Hall–Kier alpha value is -3.25. The van der Waals surface area contributed by atoms with Gasteiger partial charge in [0.15, 0.2) is 0 Å². The maximum Gasteiger partial charge on any atom is 0.257 e. The number of nitrogens with one attached hydrogen (secondary N) is 1. The number of aryl methyl sites for hydroxylation is 1. The van der Waals surface area contributed by atoms with Gasteiger partial charge in [-0.15, -0.1) is 0 Å². The van der Waals surface area contributed by atoms with E-state index in [0.29, 0.717) is 30.1 Å². The smallest absolute Gasteiger partial charge is 0.257 e. The van der Waals surface area contributed by atoms with Crippen molar-refractivity contribution >= 4 is 28.4 Å². The summed E-state index contributed by atoms with van der Waals surface area (Å²) in [5.41, 5.74) is 2.56. The van der Waals surface area contributed by atoms with Crippen LogP contribution in [0, 0.1) is 0 Å². The Morgan fingerprint density at radius 2 is 1.93 bits per heavy atom. The van der Waals surface area contributed by atoms with Crippen molar-refractivity contribution in [3.63, 3.8) is 0 Å². The van der Waals surface area contributed by atoms with E-state index >= 15 is 0 Å². The zero-order valence-electron chi connectivity index (χ0n) is 16.6. The lowest BCUT2D eigenvalue weighted by Crippen LogP contribution is -2.29. The molecule has 0 atom stereocenters. The minimum atomic E-state index is -0.394. The zero-order valence-corrected chi connectivity index (χ0v) is 17.4. The number of hydrogen-bond acceptors (Lipinski definition) is 4. The molecule has 0 saturated carbocycles. The SMILES string of the molecule is Cn1cc(C(=O)NCc2ccc(Cl)cc2)c(=O)c2cc(CN3C=COCC3)ccc21. The number of aromatic nitrogens is 1. The molecule has 0 unspecified atom stereocenters. The molecule has 3 aromatic rings. The van der Waals surface area contributed by atoms with Crippen LogP contribution in [0.4, 0.5) is 0 Å². The van der Waals surface area contributed by atoms with Gasteiger partial charge in [0.05, 0.1) is 18.3 Å². The lowest BCUT2D eigenvalue weighted by Gasteiger charge is -2.23. The van der Waals surface area contributed by atoms with Crippen molar-refractivity contribution in [3.8, 4) is 0 Å². The van der Waals surface area contributed by atoms with Crippen LogP contribution in [0.15, 0.2) is 65.9 Å². The van der Waals surface area contributed by atoms with Crippen LogP contribution in [0.2, 0.25) is 5.02 Å². The number of fused-ring (bicyclic) bond motifs is 1. The second-order valence-electron chi connectivity index (χ2n) is 7.27. The molecular formula is C23H22ClN3O3. The topological polar surface area (TPSA) is 63.6 Å². The number of rotatable bonds is 5. The van der Waals surface area contributed by atoms with Crippen LogP contribution in [-0.4, -0.2) is 28.5 Å². The normalized spacial score (nSPS) is 13.3. The molecule has 0 bridgehead atoms. The van der Waals surface area contributed by atoms with E-state index in [1.165, 1.54) is 0 Å². The van der Waals surface area contributed by atoms with Crippen molar-refractivity contribution in [2.75, 3.05) is 13.2 Å². The van der Waals surface area contributed by atoms with Gasteiger partial charge in [0.1, 0.15) is 12.2 Å². The average molecular weight is 424 g/mol. The monoisotopic (exact) mass is 423 g/mol. The summed E-state index contributed by atoms with van der Waals surface area (Å²) in [6.45, 7) is 2.43. The van der Waals surface area contributed by atoms with Crippen molar-refractivity contribution in [1.82, 2.24) is 14.8 Å². The summed E-state index contributed by atoms with van der Waals surface area (Å²) in [4.78, 5) is 27.9. The summed E-state index contributed by atoms with van der Waals surface area (Å²) in [6.07, 6.45) is 5.16. The quantitative estimate of drug-likeness (QED) is 0.683. The van der Waals surface area contributed by atoms with Gasteiger partial charge >= 0.3 is 0 Å². The van der Waals surface area contributed by atoms with Crippen LogP contribution >= 0.6 is 11.6 Å².